The fraction of sp³-hybridized carbons (Fsp3) is 0.611. The number of carbonyl (C=O) groups excluding carboxylic acids is 1. The summed E-state index contributed by atoms with van der Waals surface area (Å²) >= 11 is 0. The summed E-state index contributed by atoms with van der Waals surface area (Å²) in [6.45, 7) is 4.22. The van der Waals surface area contributed by atoms with Crippen LogP contribution in [0.3, 0.4) is 0 Å². The first-order valence-corrected chi connectivity index (χ1v) is 7.85. The lowest BCUT2D eigenvalue weighted by Crippen LogP contribution is -2.42. The van der Waals surface area contributed by atoms with Crippen LogP contribution in [0.1, 0.15) is 42.4 Å². The summed E-state index contributed by atoms with van der Waals surface area (Å²) in [7, 11) is 2.23. The smallest absolute Gasteiger partial charge is 0.140 e. The Bertz CT molecular complexity index is 488. The highest BCUT2D eigenvalue weighted by Gasteiger charge is 2.40. The number of hydrogen-bond donors (Lipinski definition) is 0. The van der Waals surface area contributed by atoms with Gasteiger partial charge in [-0.05, 0) is 52.1 Å². The van der Waals surface area contributed by atoms with Crippen LogP contribution < -0.4 is 0 Å². The van der Waals surface area contributed by atoms with Gasteiger partial charge in [-0.15, -0.1) is 0 Å². The minimum atomic E-state index is 0.296. The first-order valence-electron chi connectivity index (χ1n) is 7.85. The van der Waals surface area contributed by atoms with Gasteiger partial charge in [0.05, 0.1) is 0 Å². The van der Waals surface area contributed by atoms with E-state index in [1.165, 1.54) is 29.5 Å². The maximum absolute atomic E-state index is 12.6. The third-order valence-corrected chi connectivity index (χ3v) is 5.21. The number of Topliss-reactive ketones (excluding diaryl/α,β-unsaturated/α-hetero) is 1. The zero-order chi connectivity index (χ0) is 14.3. The van der Waals surface area contributed by atoms with Crippen molar-refractivity contribution in [3.63, 3.8) is 0 Å². The summed E-state index contributed by atoms with van der Waals surface area (Å²) in [5.41, 5.74) is 3.71. The average molecular weight is 271 g/mol. The number of aryl methyl sites for hydroxylation is 2. The highest BCUT2D eigenvalue weighted by atomic mass is 16.1. The summed E-state index contributed by atoms with van der Waals surface area (Å²) in [5.74, 6) is 0.754. The van der Waals surface area contributed by atoms with Crippen LogP contribution in [-0.4, -0.2) is 29.8 Å². The Kier molecular flexibility index (Phi) is 3.68. The van der Waals surface area contributed by atoms with Crippen LogP contribution in [0.25, 0.3) is 0 Å². The molecule has 0 saturated carbocycles. The normalized spacial score (nSPS) is 29.6. The molecule has 2 heterocycles. The Hall–Kier alpha value is -1.15. The first kappa shape index (κ1) is 13.8. The molecule has 3 rings (SSSR count). The Balaban J connectivity index is 1.68. The molecule has 0 aromatic heterocycles. The van der Waals surface area contributed by atoms with Crippen LogP contribution >= 0.6 is 0 Å². The minimum absolute atomic E-state index is 0.296. The van der Waals surface area contributed by atoms with Gasteiger partial charge in [-0.3, -0.25) is 4.79 Å². The molecular weight excluding hydrogens is 246 g/mol. The fourth-order valence-electron chi connectivity index (χ4n) is 4.19. The van der Waals surface area contributed by atoms with Crippen molar-refractivity contribution in [2.45, 2.75) is 58.0 Å². The van der Waals surface area contributed by atoms with Crippen LogP contribution in [-0.2, 0) is 11.2 Å². The molecule has 108 valence electrons. The zero-order valence-corrected chi connectivity index (χ0v) is 12.9. The number of hydrogen-bond acceptors (Lipinski definition) is 2. The quantitative estimate of drug-likeness (QED) is 0.841. The monoisotopic (exact) mass is 271 g/mol. The van der Waals surface area contributed by atoms with Gasteiger partial charge in [-0.2, -0.15) is 0 Å². The fourth-order valence-corrected chi connectivity index (χ4v) is 4.19. The standard InChI is InChI=1S/C18H25NO/c1-12-6-13(2)8-14(7-12)9-18(20)15-10-16-4-5-17(11-15)19(16)3/h6-8,15-17H,4-5,9-11H2,1-3H3. The van der Waals surface area contributed by atoms with Crippen LogP contribution in [0.4, 0.5) is 0 Å². The summed E-state index contributed by atoms with van der Waals surface area (Å²) in [4.78, 5) is 15.1. The third-order valence-electron chi connectivity index (χ3n) is 5.21. The molecule has 2 aliphatic heterocycles. The predicted octanol–water partition coefficient (Wildman–Crippen LogP) is 3.29. The van der Waals surface area contributed by atoms with E-state index in [1.54, 1.807) is 0 Å². The number of fused-ring (bicyclic) bond motifs is 2. The average Bonchev–Trinajstić information content (AvgIpc) is 2.61. The first-order chi connectivity index (χ1) is 9.52. The van der Waals surface area contributed by atoms with Gasteiger partial charge >= 0.3 is 0 Å². The molecular formula is C18H25NO. The number of piperidine rings is 1. The van der Waals surface area contributed by atoms with Crippen LogP contribution in [0.2, 0.25) is 0 Å². The molecule has 20 heavy (non-hydrogen) atoms. The molecule has 1 aromatic rings. The van der Waals surface area contributed by atoms with E-state index in [0.29, 0.717) is 30.2 Å². The van der Waals surface area contributed by atoms with Gasteiger partial charge in [0.2, 0.25) is 0 Å². The number of carbonyl (C=O) groups is 1. The van der Waals surface area contributed by atoms with Gasteiger partial charge in [0.15, 0.2) is 0 Å². The summed E-state index contributed by atoms with van der Waals surface area (Å²) in [5, 5.41) is 0. The summed E-state index contributed by atoms with van der Waals surface area (Å²) in [6.07, 6.45) is 5.35. The molecule has 2 aliphatic rings. The van der Waals surface area contributed by atoms with Crippen molar-refractivity contribution in [2.24, 2.45) is 5.92 Å². The van der Waals surface area contributed by atoms with E-state index in [1.807, 2.05) is 0 Å². The molecule has 2 nitrogen and oxygen atoms in total. The number of rotatable bonds is 3. The van der Waals surface area contributed by atoms with Crippen molar-refractivity contribution in [1.29, 1.82) is 0 Å². The molecule has 2 bridgehead atoms. The predicted molar refractivity (Wildman–Crippen MR) is 81.9 cm³/mol. The molecule has 0 spiro atoms. The minimum Gasteiger partial charge on any atom is -0.300 e. The van der Waals surface area contributed by atoms with Crippen molar-refractivity contribution >= 4 is 5.78 Å². The van der Waals surface area contributed by atoms with E-state index >= 15 is 0 Å². The van der Waals surface area contributed by atoms with Gasteiger partial charge in [0.25, 0.3) is 0 Å². The largest absolute Gasteiger partial charge is 0.300 e. The molecule has 1 aromatic carbocycles. The zero-order valence-electron chi connectivity index (χ0n) is 12.9. The lowest BCUT2D eigenvalue weighted by atomic mass is 9.85. The molecule has 2 saturated heterocycles. The van der Waals surface area contributed by atoms with Crippen molar-refractivity contribution in [1.82, 2.24) is 4.90 Å². The summed E-state index contributed by atoms with van der Waals surface area (Å²) < 4.78 is 0. The van der Waals surface area contributed by atoms with E-state index in [-0.39, 0.29) is 0 Å². The Labute approximate surface area is 122 Å². The number of benzene rings is 1. The van der Waals surface area contributed by atoms with Crippen LogP contribution in [0, 0.1) is 19.8 Å². The van der Waals surface area contributed by atoms with E-state index in [9.17, 15) is 4.79 Å². The van der Waals surface area contributed by atoms with Gasteiger partial charge in [-0.1, -0.05) is 29.3 Å². The second-order valence-electron chi connectivity index (χ2n) is 6.86. The maximum atomic E-state index is 12.6. The van der Waals surface area contributed by atoms with E-state index in [0.717, 1.165) is 12.8 Å². The molecule has 2 fully saturated rings. The SMILES string of the molecule is Cc1cc(C)cc(CC(=O)C2CC3CCC(C2)N3C)c1. The van der Waals surface area contributed by atoms with Crippen LogP contribution in [0.15, 0.2) is 18.2 Å². The summed E-state index contributed by atoms with van der Waals surface area (Å²) in [6, 6.07) is 7.80. The maximum Gasteiger partial charge on any atom is 0.140 e. The Morgan fingerprint density at radius 2 is 1.65 bits per heavy atom. The van der Waals surface area contributed by atoms with Gasteiger partial charge in [0.1, 0.15) is 5.78 Å². The molecule has 0 radical (unpaired) electrons. The second kappa shape index (κ2) is 5.33. The molecule has 2 atom stereocenters. The Morgan fingerprint density at radius 1 is 1.10 bits per heavy atom. The van der Waals surface area contributed by atoms with Crippen molar-refractivity contribution in [3.8, 4) is 0 Å². The Morgan fingerprint density at radius 3 is 2.20 bits per heavy atom. The van der Waals surface area contributed by atoms with Gasteiger partial charge < -0.3 is 4.90 Å². The van der Waals surface area contributed by atoms with Gasteiger partial charge in [0, 0.05) is 24.4 Å². The van der Waals surface area contributed by atoms with E-state index < -0.39 is 0 Å². The van der Waals surface area contributed by atoms with Crippen LogP contribution in [0.5, 0.6) is 0 Å². The topological polar surface area (TPSA) is 20.3 Å². The number of nitrogens with zero attached hydrogens (tertiary/aromatic N) is 1. The van der Waals surface area contributed by atoms with E-state index in [2.05, 4.69) is 44.0 Å². The molecule has 0 amide bonds. The lowest BCUT2D eigenvalue weighted by molar-refractivity contribution is -0.124. The highest BCUT2D eigenvalue weighted by molar-refractivity contribution is 5.83. The molecule has 2 unspecified atom stereocenters. The number of ketones is 1. The molecule has 0 aliphatic carbocycles. The van der Waals surface area contributed by atoms with E-state index in [4.69, 9.17) is 0 Å². The third kappa shape index (κ3) is 2.67. The molecule has 0 N–H and O–H groups in total. The second-order valence-corrected chi connectivity index (χ2v) is 6.86. The van der Waals surface area contributed by atoms with Crippen molar-refractivity contribution in [2.75, 3.05) is 7.05 Å². The van der Waals surface area contributed by atoms with Crippen molar-refractivity contribution < 1.29 is 4.79 Å². The highest BCUT2D eigenvalue weighted by Crippen LogP contribution is 2.38. The van der Waals surface area contributed by atoms with Gasteiger partial charge in [-0.25, -0.2) is 0 Å². The van der Waals surface area contributed by atoms with Crippen molar-refractivity contribution in [3.05, 3.63) is 34.9 Å². The lowest BCUT2D eigenvalue weighted by Gasteiger charge is -2.35. The molecule has 2 heteroatoms.